The average Bonchev–Trinajstić information content (AvgIpc) is 2.83. The van der Waals surface area contributed by atoms with Crippen LogP contribution in [0.1, 0.15) is 26.3 Å². The first kappa shape index (κ1) is 20.5. The summed E-state index contributed by atoms with van der Waals surface area (Å²) >= 11 is 4.18. The molecule has 1 heterocycles. The highest BCUT2D eigenvalue weighted by molar-refractivity contribution is 9.10. The fourth-order valence-corrected chi connectivity index (χ4v) is 3.34. The number of thioether (sulfide) groups is 1. The lowest BCUT2D eigenvalue weighted by Crippen LogP contribution is -2.34. The number of carbonyl (C=O) groups is 3. The molecule has 0 aromatic heterocycles. The van der Waals surface area contributed by atoms with Gasteiger partial charge in [0.05, 0.1) is 18.1 Å². The summed E-state index contributed by atoms with van der Waals surface area (Å²) < 4.78 is 11.4. The number of carbonyl (C=O) groups excluding carboxylic acids is 3. The standard InChI is InChI=1S/C18H20BrNO5S/c1-4-24-14-6-5-13(19)7-12(14)8-15-17(22)20(18(23)26-15)9-16(21)25-10-11(2)3/h5-8,11H,4,9-10H2,1-3H3/b15-8+. The summed E-state index contributed by atoms with van der Waals surface area (Å²) in [5.74, 6) is -0.315. The Bertz CT molecular complexity index is 747. The molecule has 1 aromatic carbocycles. The van der Waals surface area contributed by atoms with E-state index in [1.807, 2.05) is 26.8 Å². The summed E-state index contributed by atoms with van der Waals surface area (Å²) in [6, 6.07) is 5.42. The highest BCUT2D eigenvalue weighted by Gasteiger charge is 2.36. The molecular formula is C18H20BrNO5S. The van der Waals surface area contributed by atoms with Gasteiger partial charge in [0.15, 0.2) is 0 Å². The number of hydrogen-bond acceptors (Lipinski definition) is 6. The maximum Gasteiger partial charge on any atom is 0.326 e. The Hall–Kier alpha value is -1.80. The number of nitrogens with zero attached hydrogens (tertiary/aromatic N) is 1. The summed E-state index contributed by atoms with van der Waals surface area (Å²) in [6.45, 7) is 6.02. The van der Waals surface area contributed by atoms with Crippen LogP contribution in [0.2, 0.25) is 0 Å². The van der Waals surface area contributed by atoms with Crippen LogP contribution in [0.3, 0.4) is 0 Å². The second-order valence-corrected chi connectivity index (χ2v) is 7.87. The van der Waals surface area contributed by atoms with Crippen molar-refractivity contribution in [3.8, 4) is 5.75 Å². The summed E-state index contributed by atoms with van der Waals surface area (Å²) in [4.78, 5) is 37.6. The number of esters is 1. The van der Waals surface area contributed by atoms with Crippen LogP contribution in [-0.2, 0) is 14.3 Å². The van der Waals surface area contributed by atoms with E-state index >= 15 is 0 Å². The maximum atomic E-state index is 12.5. The van der Waals surface area contributed by atoms with Gasteiger partial charge in [-0.2, -0.15) is 0 Å². The highest BCUT2D eigenvalue weighted by Crippen LogP contribution is 2.34. The average molecular weight is 442 g/mol. The molecule has 0 radical (unpaired) electrons. The molecule has 1 aliphatic heterocycles. The Morgan fingerprint density at radius 1 is 1.35 bits per heavy atom. The summed E-state index contributed by atoms with van der Waals surface area (Å²) in [7, 11) is 0. The van der Waals surface area contributed by atoms with Gasteiger partial charge < -0.3 is 9.47 Å². The highest BCUT2D eigenvalue weighted by atomic mass is 79.9. The van der Waals surface area contributed by atoms with Crippen LogP contribution in [0, 0.1) is 5.92 Å². The number of amides is 2. The van der Waals surface area contributed by atoms with Crippen LogP contribution < -0.4 is 4.74 Å². The van der Waals surface area contributed by atoms with E-state index in [-0.39, 0.29) is 24.0 Å². The molecule has 0 unspecified atom stereocenters. The largest absolute Gasteiger partial charge is 0.493 e. The molecule has 1 fully saturated rings. The van der Waals surface area contributed by atoms with Crippen LogP contribution in [0.5, 0.6) is 5.75 Å². The zero-order valence-corrected chi connectivity index (χ0v) is 17.2. The molecule has 1 aromatic rings. The zero-order valence-electron chi connectivity index (χ0n) is 14.8. The van der Waals surface area contributed by atoms with Crippen LogP contribution in [0.4, 0.5) is 4.79 Å². The van der Waals surface area contributed by atoms with E-state index in [1.54, 1.807) is 18.2 Å². The van der Waals surface area contributed by atoms with E-state index in [0.717, 1.165) is 21.1 Å². The molecule has 0 aliphatic carbocycles. The summed E-state index contributed by atoms with van der Waals surface area (Å²) in [5.41, 5.74) is 0.675. The molecule has 6 nitrogen and oxygen atoms in total. The van der Waals surface area contributed by atoms with Crippen molar-refractivity contribution in [1.82, 2.24) is 4.90 Å². The lowest BCUT2D eigenvalue weighted by Gasteiger charge is -2.12. The van der Waals surface area contributed by atoms with Crippen molar-refractivity contribution in [2.75, 3.05) is 19.8 Å². The van der Waals surface area contributed by atoms with E-state index in [9.17, 15) is 14.4 Å². The molecular weight excluding hydrogens is 422 g/mol. The van der Waals surface area contributed by atoms with Gasteiger partial charge in [0.1, 0.15) is 12.3 Å². The fraction of sp³-hybridized carbons (Fsp3) is 0.389. The van der Waals surface area contributed by atoms with E-state index in [4.69, 9.17) is 9.47 Å². The number of ether oxygens (including phenoxy) is 2. The van der Waals surface area contributed by atoms with E-state index in [1.165, 1.54) is 0 Å². The number of imide groups is 1. The molecule has 140 valence electrons. The first-order valence-corrected chi connectivity index (χ1v) is 9.76. The van der Waals surface area contributed by atoms with Gasteiger partial charge in [-0.05, 0) is 48.9 Å². The van der Waals surface area contributed by atoms with Crippen molar-refractivity contribution in [2.24, 2.45) is 5.92 Å². The molecule has 0 N–H and O–H groups in total. The number of rotatable bonds is 7. The smallest absolute Gasteiger partial charge is 0.326 e. The van der Waals surface area contributed by atoms with Gasteiger partial charge in [-0.1, -0.05) is 29.8 Å². The van der Waals surface area contributed by atoms with Gasteiger partial charge in [-0.15, -0.1) is 0 Å². The second kappa shape index (κ2) is 9.23. The van der Waals surface area contributed by atoms with Gasteiger partial charge in [0.25, 0.3) is 11.1 Å². The van der Waals surface area contributed by atoms with Crippen molar-refractivity contribution >= 4 is 50.9 Å². The Balaban J connectivity index is 2.16. The first-order chi connectivity index (χ1) is 12.3. The number of halogens is 1. The van der Waals surface area contributed by atoms with Crippen LogP contribution in [-0.4, -0.2) is 41.8 Å². The fourth-order valence-electron chi connectivity index (χ4n) is 2.13. The van der Waals surface area contributed by atoms with E-state index in [0.29, 0.717) is 17.9 Å². The normalized spacial score (nSPS) is 15.9. The van der Waals surface area contributed by atoms with Crippen molar-refractivity contribution in [1.29, 1.82) is 0 Å². The zero-order chi connectivity index (χ0) is 19.3. The second-order valence-electron chi connectivity index (χ2n) is 5.96. The molecule has 0 spiro atoms. The van der Waals surface area contributed by atoms with Crippen LogP contribution in [0.15, 0.2) is 27.6 Å². The van der Waals surface area contributed by atoms with Gasteiger partial charge in [0.2, 0.25) is 0 Å². The third kappa shape index (κ3) is 5.35. The SMILES string of the molecule is CCOc1ccc(Br)cc1/C=C1/SC(=O)N(CC(=O)OCC(C)C)C1=O. The predicted molar refractivity (Wildman–Crippen MR) is 104 cm³/mol. The molecule has 26 heavy (non-hydrogen) atoms. The molecule has 1 aliphatic rings. The third-order valence-electron chi connectivity index (χ3n) is 3.30. The van der Waals surface area contributed by atoms with Crippen molar-refractivity contribution < 1.29 is 23.9 Å². The Labute approximate surface area is 165 Å². The number of benzene rings is 1. The van der Waals surface area contributed by atoms with Crippen LogP contribution in [0.25, 0.3) is 6.08 Å². The third-order valence-corrected chi connectivity index (χ3v) is 4.70. The van der Waals surface area contributed by atoms with Gasteiger partial charge in [-0.25, -0.2) is 0 Å². The summed E-state index contributed by atoms with van der Waals surface area (Å²) in [5, 5.41) is -0.490. The topological polar surface area (TPSA) is 72.9 Å². The minimum absolute atomic E-state index is 0.183. The molecule has 2 amide bonds. The van der Waals surface area contributed by atoms with Crippen molar-refractivity contribution in [2.45, 2.75) is 20.8 Å². The van der Waals surface area contributed by atoms with Crippen molar-refractivity contribution in [3.63, 3.8) is 0 Å². The Morgan fingerprint density at radius 2 is 2.08 bits per heavy atom. The first-order valence-electron chi connectivity index (χ1n) is 8.15. The van der Waals surface area contributed by atoms with Crippen molar-refractivity contribution in [3.05, 3.63) is 33.1 Å². The number of hydrogen-bond donors (Lipinski definition) is 0. The molecule has 2 rings (SSSR count). The lowest BCUT2D eigenvalue weighted by molar-refractivity contribution is -0.147. The van der Waals surface area contributed by atoms with Crippen LogP contribution >= 0.6 is 27.7 Å². The van der Waals surface area contributed by atoms with Gasteiger partial charge in [0, 0.05) is 10.0 Å². The predicted octanol–water partition coefficient (Wildman–Crippen LogP) is 4.08. The van der Waals surface area contributed by atoms with E-state index in [2.05, 4.69) is 15.9 Å². The minimum atomic E-state index is -0.597. The molecule has 1 saturated heterocycles. The van der Waals surface area contributed by atoms with Gasteiger partial charge in [-0.3, -0.25) is 19.3 Å². The summed E-state index contributed by atoms with van der Waals surface area (Å²) in [6.07, 6.45) is 1.60. The Morgan fingerprint density at radius 3 is 2.73 bits per heavy atom. The molecule has 8 heteroatoms. The molecule has 0 atom stereocenters. The quantitative estimate of drug-likeness (QED) is 0.468. The Kier molecular flexibility index (Phi) is 7.28. The molecule has 0 bridgehead atoms. The monoisotopic (exact) mass is 441 g/mol. The lowest BCUT2D eigenvalue weighted by atomic mass is 10.2. The minimum Gasteiger partial charge on any atom is -0.493 e. The molecule has 0 saturated carbocycles. The van der Waals surface area contributed by atoms with Gasteiger partial charge >= 0.3 is 5.97 Å². The maximum absolute atomic E-state index is 12.5. The van der Waals surface area contributed by atoms with E-state index < -0.39 is 17.1 Å².